The van der Waals surface area contributed by atoms with Gasteiger partial charge < -0.3 is 5.11 Å². The Kier molecular flexibility index (Phi) is 4.42. The Balaban J connectivity index is 1.98. The molecule has 2 heterocycles. The molecule has 0 radical (unpaired) electrons. The summed E-state index contributed by atoms with van der Waals surface area (Å²) in [6.07, 6.45) is 2.14. The van der Waals surface area contributed by atoms with E-state index >= 15 is 0 Å². The second-order valence-electron chi connectivity index (χ2n) is 4.14. The van der Waals surface area contributed by atoms with E-state index in [9.17, 15) is 4.79 Å². The zero-order chi connectivity index (χ0) is 12.3. The first-order valence-corrected chi connectivity index (χ1v) is 7.57. The normalized spacial score (nSPS) is 21.6. The molecule has 1 N–H and O–H groups in total. The van der Waals surface area contributed by atoms with Crippen LogP contribution in [-0.4, -0.2) is 45.1 Å². The van der Waals surface area contributed by atoms with Crippen LogP contribution in [0.1, 0.15) is 16.3 Å². The van der Waals surface area contributed by atoms with E-state index in [1.807, 2.05) is 24.9 Å². The molecule has 0 spiro atoms. The maximum absolute atomic E-state index is 10.8. The number of thiazole rings is 1. The second-order valence-corrected chi connectivity index (χ2v) is 6.61. The van der Waals surface area contributed by atoms with Crippen LogP contribution in [0.2, 0.25) is 0 Å². The van der Waals surface area contributed by atoms with Gasteiger partial charge in [0.05, 0.1) is 11.4 Å². The number of carboxylic acid groups (broad SMARTS) is 1. The third kappa shape index (κ3) is 3.69. The number of carboxylic acids is 1. The number of aromatic nitrogens is 1. The van der Waals surface area contributed by atoms with Crippen LogP contribution in [0.5, 0.6) is 0 Å². The van der Waals surface area contributed by atoms with Crippen molar-refractivity contribution in [1.82, 2.24) is 9.88 Å². The van der Waals surface area contributed by atoms with Crippen molar-refractivity contribution in [2.45, 2.75) is 25.9 Å². The first-order chi connectivity index (χ1) is 8.15. The van der Waals surface area contributed by atoms with Crippen LogP contribution >= 0.6 is 23.1 Å². The summed E-state index contributed by atoms with van der Waals surface area (Å²) < 4.78 is 0. The van der Waals surface area contributed by atoms with Crippen LogP contribution in [0.25, 0.3) is 0 Å². The molecule has 1 aliphatic heterocycles. The molecule has 1 fully saturated rings. The van der Waals surface area contributed by atoms with Gasteiger partial charge in [0.2, 0.25) is 0 Å². The first kappa shape index (κ1) is 12.9. The molecule has 2 rings (SSSR count). The molecule has 1 saturated heterocycles. The number of aryl methyl sites for hydroxylation is 1. The molecule has 0 aliphatic carbocycles. The molecule has 0 aromatic carbocycles. The molecule has 1 aromatic heterocycles. The Morgan fingerprint density at radius 1 is 1.71 bits per heavy atom. The average Bonchev–Trinajstić information content (AvgIpc) is 2.66. The van der Waals surface area contributed by atoms with E-state index in [0.29, 0.717) is 0 Å². The lowest BCUT2D eigenvalue weighted by molar-refractivity contribution is -0.138. The van der Waals surface area contributed by atoms with Crippen LogP contribution in [0.15, 0.2) is 6.20 Å². The Morgan fingerprint density at radius 2 is 2.53 bits per heavy atom. The maximum Gasteiger partial charge on any atom is 0.304 e. The Labute approximate surface area is 109 Å². The van der Waals surface area contributed by atoms with Crippen molar-refractivity contribution in [3.05, 3.63) is 16.1 Å². The van der Waals surface area contributed by atoms with E-state index in [0.717, 1.165) is 29.6 Å². The van der Waals surface area contributed by atoms with E-state index in [4.69, 9.17) is 5.11 Å². The summed E-state index contributed by atoms with van der Waals surface area (Å²) in [4.78, 5) is 18.6. The van der Waals surface area contributed by atoms with Crippen molar-refractivity contribution < 1.29 is 9.90 Å². The standard InChI is InChI=1S/C11H16N2O2S2/c1-8-12-5-10(17-8)6-13-2-3-16-7-9(13)4-11(14)15/h5,9H,2-4,6-7H2,1H3,(H,14,15). The van der Waals surface area contributed by atoms with Crippen molar-refractivity contribution >= 4 is 29.1 Å². The van der Waals surface area contributed by atoms with Crippen LogP contribution in [0.4, 0.5) is 0 Å². The molecule has 0 bridgehead atoms. The van der Waals surface area contributed by atoms with Crippen molar-refractivity contribution in [3.63, 3.8) is 0 Å². The van der Waals surface area contributed by atoms with Crippen molar-refractivity contribution in [2.75, 3.05) is 18.1 Å². The lowest BCUT2D eigenvalue weighted by atomic mass is 10.2. The lowest BCUT2D eigenvalue weighted by Gasteiger charge is -2.34. The highest BCUT2D eigenvalue weighted by molar-refractivity contribution is 7.99. The Hall–Kier alpha value is -0.590. The summed E-state index contributed by atoms with van der Waals surface area (Å²) in [5.41, 5.74) is 0. The molecule has 0 amide bonds. The molecule has 94 valence electrons. The van der Waals surface area contributed by atoms with Crippen LogP contribution in [-0.2, 0) is 11.3 Å². The van der Waals surface area contributed by atoms with Gasteiger partial charge in [0.1, 0.15) is 0 Å². The number of thioether (sulfide) groups is 1. The number of hydrogen-bond donors (Lipinski definition) is 1. The van der Waals surface area contributed by atoms with Crippen LogP contribution < -0.4 is 0 Å². The van der Waals surface area contributed by atoms with Gasteiger partial charge in [-0.1, -0.05) is 0 Å². The van der Waals surface area contributed by atoms with Gasteiger partial charge in [0.25, 0.3) is 0 Å². The number of rotatable bonds is 4. The monoisotopic (exact) mass is 272 g/mol. The molecule has 1 atom stereocenters. The molecule has 4 nitrogen and oxygen atoms in total. The largest absolute Gasteiger partial charge is 0.481 e. The molecular formula is C11H16N2O2S2. The number of nitrogens with zero attached hydrogens (tertiary/aromatic N) is 2. The van der Waals surface area contributed by atoms with Crippen molar-refractivity contribution in [2.24, 2.45) is 0 Å². The summed E-state index contributed by atoms with van der Waals surface area (Å²) in [5, 5.41) is 9.98. The highest BCUT2D eigenvalue weighted by atomic mass is 32.2. The van der Waals surface area contributed by atoms with E-state index in [1.54, 1.807) is 11.3 Å². The number of aliphatic carboxylic acids is 1. The molecule has 1 aliphatic rings. The average molecular weight is 272 g/mol. The molecule has 0 saturated carbocycles. The first-order valence-electron chi connectivity index (χ1n) is 5.60. The molecular weight excluding hydrogens is 256 g/mol. The zero-order valence-corrected chi connectivity index (χ0v) is 11.4. The number of hydrogen-bond acceptors (Lipinski definition) is 5. The minimum absolute atomic E-state index is 0.161. The predicted octanol–water partition coefficient (Wildman–Crippen LogP) is 1.84. The molecule has 1 aromatic rings. The van der Waals surface area contributed by atoms with Gasteiger partial charge in [0.15, 0.2) is 0 Å². The Bertz CT molecular complexity index is 395. The van der Waals surface area contributed by atoms with Gasteiger partial charge >= 0.3 is 5.97 Å². The summed E-state index contributed by atoms with van der Waals surface area (Å²) >= 11 is 3.54. The fourth-order valence-electron chi connectivity index (χ4n) is 1.97. The fourth-order valence-corrected chi connectivity index (χ4v) is 3.92. The van der Waals surface area contributed by atoms with Gasteiger partial charge in [0, 0.05) is 41.7 Å². The highest BCUT2D eigenvalue weighted by Gasteiger charge is 2.25. The minimum Gasteiger partial charge on any atom is -0.481 e. The third-order valence-corrected chi connectivity index (χ3v) is 4.78. The van der Waals surface area contributed by atoms with Gasteiger partial charge in [-0.05, 0) is 6.92 Å². The number of carbonyl (C=O) groups is 1. The molecule has 17 heavy (non-hydrogen) atoms. The van der Waals surface area contributed by atoms with E-state index in [1.165, 1.54) is 4.88 Å². The Morgan fingerprint density at radius 3 is 3.18 bits per heavy atom. The molecule has 1 unspecified atom stereocenters. The third-order valence-electron chi connectivity index (χ3n) is 2.79. The minimum atomic E-state index is -0.706. The second kappa shape index (κ2) is 5.84. The summed E-state index contributed by atoms with van der Waals surface area (Å²) in [6.45, 7) is 3.80. The predicted molar refractivity (Wildman–Crippen MR) is 70.6 cm³/mol. The SMILES string of the molecule is Cc1ncc(CN2CCSCC2CC(=O)O)s1. The van der Waals surface area contributed by atoms with E-state index in [2.05, 4.69) is 9.88 Å². The summed E-state index contributed by atoms with van der Waals surface area (Å²) in [6, 6.07) is 0.161. The lowest BCUT2D eigenvalue weighted by Crippen LogP contribution is -2.42. The summed E-state index contributed by atoms with van der Waals surface area (Å²) in [5.74, 6) is 1.31. The van der Waals surface area contributed by atoms with Crippen LogP contribution in [0, 0.1) is 6.92 Å². The summed E-state index contributed by atoms with van der Waals surface area (Å²) in [7, 11) is 0. The van der Waals surface area contributed by atoms with Gasteiger partial charge in [-0.25, -0.2) is 4.98 Å². The maximum atomic E-state index is 10.8. The van der Waals surface area contributed by atoms with Gasteiger partial charge in [-0.15, -0.1) is 11.3 Å². The molecule has 6 heteroatoms. The fraction of sp³-hybridized carbons (Fsp3) is 0.636. The van der Waals surface area contributed by atoms with Crippen LogP contribution in [0.3, 0.4) is 0 Å². The highest BCUT2D eigenvalue weighted by Crippen LogP contribution is 2.23. The van der Waals surface area contributed by atoms with Crippen molar-refractivity contribution in [3.8, 4) is 0 Å². The van der Waals surface area contributed by atoms with Crippen molar-refractivity contribution in [1.29, 1.82) is 0 Å². The van der Waals surface area contributed by atoms with Gasteiger partial charge in [-0.3, -0.25) is 9.69 Å². The van der Waals surface area contributed by atoms with Gasteiger partial charge in [-0.2, -0.15) is 11.8 Å². The quantitative estimate of drug-likeness (QED) is 0.906. The zero-order valence-electron chi connectivity index (χ0n) is 9.76. The smallest absolute Gasteiger partial charge is 0.304 e. The van der Waals surface area contributed by atoms with E-state index < -0.39 is 5.97 Å². The topological polar surface area (TPSA) is 53.4 Å². The van der Waals surface area contributed by atoms with E-state index in [-0.39, 0.29) is 12.5 Å².